The molecule has 1 amide bonds. The Morgan fingerprint density at radius 3 is 2.85 bits per heavy atom. The highest BCUT2D eigenvalue weighted by Crippen LogP contribution is 1.98. The fourth-order valence-electron chi connectivity index (χ4n) is 0.929. The zero-order valence-corrected chi connectivity index (χ0v) is 8.39. The van der Waals surface area contributed by atoms with Crippen molar-refractivity contribution >= 4 is 5.91 Å². The molecule has 0 radical (unpaired) electrons. The molecule has 0 saturated heterocycles. The van der Waals surface area contributed by atoms with Crippen molar-refractivity contribution in [1.82, 2.24) is 5.32 Å². The van der Waals surface area contributed by atoms with Crippen molar-refractivity contribution in [2.75, 3.05) is 13.1 Å². The minimum absolute atomic E-state index is 0.0135. The van der Waals surface area contributed by atoms with Crippen molar-refractivity contribution in [1.29, 1.82) is 0 Å². The topological polar surface area (TPSA) is 55.1 Å². The van der Waals surface area contributed by atoms with Gasteiger partial charge >= 0.3 is 0 Å². The molecule has 0 bridgehead atoms. The van der Waals surface area contributed by atoms with Crippen molar-refractivity contribution in [2.24, 2.45) is 11.7 Å². The van der Waals surface area contributed by atoms with Crippen LogP contribution in [0.15, 0.2) is 0 Å². The standard InChI is InChI=1S/C10H18N2O/c1-3-4-5-8-12-10(13)9(2)6-7-11/h9H,5-8,11H2,1-2H3,(H,12,13). The molecule has 0 aliphatic heterocycles. The number of rotatable bonds is 5. The summed E-state index contributed by atoms with van der Waals surface area (Å²) >= 11 is 0. The lowest BCUT2D eigenvalue weighted by Gasteiger charge is -2.09. The summed E-state index contributed by atoms with van der Waals surface area (Å²) in [5.74, 6) is 5.75. The normalized spacial score (nSPS) is 11.3. The third kappa shape index (κ3) is 6.18. The molecule has 0 aromatic rings. The van der Waals surface area contributed by atoms with Gasteiger partial charge in [-0.25, -0.2) is 0 Å². The fraction of sp³-hybridized carbons (Fsp3) is 0.700. The number of nitrogens with one attached hydrogen (secondary N) is 1. The first-order valence-corrected chi connectivity index (χ1v) is 4.59. The van der Waals surface area contributed by atoms with Crippen LogP contribution in [0.4, 0.5) is 0 Å². The number of nitrogens with two attached hydrogens (primary N) is 1. The summed E-state index contributed by atoms with van der Waals surface area (Å²) in [5.41, 5.74) is 5.34. The minimum Gasteiger partial charge on any atom is -0.355 e. The van der Waals surface area contributed by atoms with E-state index in [1.165, 1.54) is 0 Å². The number of amides is 1. The lowest BCUT2D eigenvalue weighted by atomic mass is 10.1. The minimum atomic E-state index is 0.0135. The van der Waals surface area contributed by atoms with E-state index in [-0.39, 0.29) is 11.8 Å². The van der Waals surface area contributed by atoms with Crippen molar-refractivity contribution < 1.29 is 4.79 Å². The maximum atomic E-state index is 11.3. The predicted octanol–water partition coefficient (Wildman–Crippen LogP) is 0.501. The second-order valence-corrected chi connectivity index (χ2v) is 2.95. The van der Waals surface area contributed by atoms with Crippen LogP contribution in [-0.2, 0) is 4.79 Å². The van der Waals surface area contributed by atoms with E-state index in [0.29, 0.717) is 13.1 Å². The van der Waals surface area contributed by atoms with Gasteiger partial charge in [0.15, 0.2) is 0 Å². The molecular weight excluding hydrogens is 164 g/mol. The van der Waals surface area contributed by atoms with E-state index in [4.69, 9.17) is 5.73 Å². The molecule has 3 N–H and O–H groups in total. The molecule has 0 rings (SSSR count). The van der Waals surface area contributed by atoms with Crippen LogP contribution in [-0.4, -0.2) is 19.0 Å². The van der Waals surface area contributed by atoms with Crippen LogP contribution in [0.5, 0.6) is 0 Å². The molecule has 0 spiro atoms. The third-order valence-electron chi connectivity index (χ3n) is 1.77. The van der Waals surface area contributed by atoms with Crippen molar-refractivity contribution in [2.45, 2.75) is 26.7 Å². The molecule has 0 saturated carbocycles. The molecule has 0 aromatic heterocycles. The Morgan fingerprint density at radius 1 is 1.62 bits per heavy atom. The Labute approximate surface area is 80.1 Å². The third-order valence-corrected chi connectivity index (χ3v) is 1.77. The largest absolute Gasteiger partial charge is 0.355 e. The number of hydrogen-bond donors (Lipinski definition) is 2. The molecule has 0 heterocycles. The van der Waals surface area contributed by atoms with Gasteiger partial charge in [-0.1, -0.05) is 6.92 Å². The van der Waals surface area contributed by atoms with Crippen LogP contribution in [0.2, 0.25) is 0 Å². The first-order chi connectivity index (χ1) is 6.22. The van der Waals surface area contributed by atoms with E-state index in [0.717, 1.165) is 12.8 Å². The van der Waals surface area contributed by atoms with Crippen LogP contribution in [0.1, 0.15) is 26.7 Å². The summed E-state index contributed by atoms with van der Waals surface area (Å²) < 4.78 is 0. The zero-order chi connectivity index (χ0) is 10.1. The van der Waals surface area contributed by atoms with Crippen LogP contribution in [0.25, 0.3) is 0 Å². The Balaban J connectivity index is 3.53. The molecule has 3 nitrogen and oxygen atoms in total. The van der Waals surface area contributed by atoms with Gasteiger partial charge in [-0.3, -0.25) is 4.79 Å². The van der Waals surface area contributed by atoms with Crippen molar-refractivity contribution in [3.8, 4) is 11.8 Å². The van der Waals surface area contributed by atoms with E-state index in [1.807, 2.05) is 6.92 Å². The van der Waals surface area contributed by atoms with Crippen molar-refractivity contribution in [3.05, 3.63) is 0 Å². The van der Waals surface area contributed by atoms with Gasteiger partial charge < -0.3 is 11.1 Å². The highest BCUT2D eigenvalue weighted by Gasteiger charge is 2.09. The lowest BCUT2D eigenvalue weighted by Crippen LogP contribution is -2.30. The maximum absolute atomic E-state index is 11.3. The highest BCUT2D eigenvalue weighted by atomic mass is 16.1. The van der Waals surface area contributed by atoms with Gasteiger partial charge in [0.05, 0.1) is 0 Å². The van der Waals surface area contributed by atoms with E-state index in [9.17, 15) is 4.79 Å². The molecule has 74 valence electrons. The van der Waals surface area contributed by atoms with Crippen molar-refractivity contribution in [3.63, 3.8) is 0 Å². The van der Waals surface area contributed by atoms with Crippen LogP contribution < -0.4 is 11.1 Å². The highest BCUT2D eigenvalue weighted by molar-refractivity contribution is 5.78. The maximum Gasteiger partial charge on any atom is 0.222 e. The molecular formula is C10H18N2O. The van der Waals surface area contributed by atoms with Gasteiger partial charge in [-0.05, 0) is 19.9 Å². The average Bonchev–Trinajstić information content (AvgIpc) is 2.12. The molecule has 0 aliphatic rings. The monoisotopic (exact) mass is 182 g/mol. The predicted molar refractivity (Wildman–Crippen MR) is 53.9 cm³/mol. The van der Waals surface area contributed by atoms with Gasteiger partial charge in [0.1, 0.15) is 0 Å². The van der Waals surface area contributed by atoms with Gasteiger partial charge in [-0.2, -0.15) is 0 Å². The molecule has 0 aromatic carbocycles. The summed E-state index contributed by atoms with van der Waals surface area (Å²) in [5, 5.41) is 2.81. The molecule has 0 aliphatic carbocycles. The summed E-state index contributed by atoms with van der Waals surface area (Å²) in [6, 6.07) is 0. The SMILES string of the molecule is CC#CCCNC(=O)C(C)CCN. The van der Waals surface area contributed by atoms with E-state index in [2.05, 4.69) is 17.2 Å². The summed E-state index contributed by atoms with van der Waals surface area (Å²) in [4.78, 5) is 11.3. The number of carbonyl (C=O) groups is 1. The van der Waals surface area contributed by atoms with E-state index in [1.54, 1.807) is 6.92 Å². The summed E-state index contributed by atoms with van der Waals surface area (Å²) in [6.07, 6.45) is 1.46. The van der Waals surface area contributed by atoms with Gasteiger partial charge in [0.2, 0.25) is 5.91 Å². The van der Waals surface area contributed by atoms with Gasteiger partial charge in [0, 0.05) is 18.9 Å². The Bertz CT molecular complexity index is 203. The average molecular weight is 182 g/mol. The first-order valence-electron chi connectivity index (χ1n) is 4.59. The van der Waals surface area contributed by atoms with Crippen LogP contribution in [0.3, 0.4) is 0 Å². The number of hydrogen-bond acceptors (Lipinski definition) is 2. The molecule has 1 atom stereocenters. The quantitative estimate of drug-likeness (QED) is 0.480. The second-order valence-electron chi connectivity index (χ2n) is 2.95. The summed E-state index contributed by atoms with van der Waals surface area (Å²) in [7, 11) is 0. The van der Waals surface area contributed by atoms with Gasteiger partial charge in [0.25, 0.3) is 0 Å². The van der Waals surface area contributed by atoms with Gasteiger partial charge in [-0.15, -0.1) is 11.8 Å². The van der Waals surface area contributed by atoms with E-state index >= 15 is 0 Å². The Kier molecular flexibility index (Phi) is 7.04. The Hall–Kier alpha value is -1.01. The summed E-state index contributed by atoms with van der Waals surface area (Å²) in [6.45, 7) is 4.87. The van der Waals surface area contributed by atoms with Crippen LogP contribution in [0, 0.1) is 17.8 Å². The lowest BCUT2D eigenvalue weighted by molar-refractivity contribution is -0.124. The Morgan fingerprint density at radius 2 is 2.31 bits per heavy atom. The molecule has 13 heavy (non-hydrogen) atoms. The van der Waals surface area contributed by atoms with E-state index < -0.39 is 0 Å². The first kappa shape index (κ1) is 12.0. The zero-order valence-electron chi connectivity index (χ0n) is 8.39. The van der Waals surface area contributed by atoms with Crippen LogP contribution >= 0.6 is 0 Å². The molecule has 1 unspecified atom stereocenters. The smallest absolute Gasteiger partial charge is 0.222 e. The molecule has 0 fully saturated rings. The second kappa shape index (κ2) is 7.63. The number of carbonyl (C=O) groups excluding carboxylic acids is 1. The molecule has 3 heteroatoms. The fourth-order valence-corrected chi connectivity index (χ4v) is 0.929.